The molecule has 0 saturated heterocycles. The van der Waals surface area contributed by atoms with E-state index >= 15 is 0 Å². The Hall–Kier alpha value is -2.92. The molecule has 1 N–H and O–H groups in total. The zero-order valence-electron chi connectivity index (χ0n) is 16.0. The third-order valence-corrected chi connectivity index (χ3v) is 5.95. The Morgan fingerprint density at radius 1 is 1.21 bits per heavy atom. The third-order valence-electron chi connectivity index (χ3n) is 4.24. The van der Waals surface area contributed by atoms with Crippen LogP contribution in [0.15, 0.2) is 38.5 Å². The fourth-order valence-electron chi connectivity index (χ4n) is 2.84. The summed E-state index contributed by atoms with van der Waals surface area (Å²) < 4.78 is 40.0. The zero-order valence-corrected chi connectivity index (χ0v) is 16.8. The van der Waals surface area contributed by atoms with Crippen molar-refractivity contribution in [2.45, 2.75) is 25.3 Å². The number of aryl methyl sites for hydroxylation is 2. The predicted octanol–water partition coefficient (Wildman–Crippen LogP) is 0.841. The molecule has 1 aromatic carbocycles. The molecular formula is C17H21N5O5S. The van der Waals surface area contributed by atoms with Crippen molar-refractivity contribution >= 4 is 10.0 Å². The lowest BCUT2D eigenvalue weighted by Gasteiger charge is -2.05. The van der Waals surface area contributed by atoms with Gasteiger partial charge in [0.05, 0.1) is 13.7 Å². The maximum atomic E-state index is 12.4. The van der Waals surface area contributed by atoms with Gasteiger partial charge in [0.15, 0.2) is 11.6 Å². The van der Waals surface area contributed by atoms with Crippen LogP contribution in [0, 0.1) is 13.8 Å². The minimum Gasteiger partial charge on any atom is -0.497 e. The van der Waals surface area contributed by atoms with Crippen molar-refractivity contribution in [3.05, 3.63) is 46.2 Å². The highest BCUT2D eigenvalue weighted by Crippen LogP contribution is 2.20. The van der Waals surface area contributed by atoms with Crippen LogP contribution in [-0.4, -0.2) is 41.6 Å². The molecule has 28 heavy (non-hydrogen) atoms. The number of sulfonamides is 1. The van der Waals surface area contributed by atoms with E-state index in [1.165, 1.54) is 16.2 Å². The molecule has 0 atom stereocenters. The summed E-state index contributed by atoms with van der Waals surface area (Å²) in [6.07, 6.45) is 0. The van der Waals surface area contributed by atoms with E-state index in [2.05, 4.69) is 15.0 Å². The van der Waals surface area contributed by atoms with Crippen molar-refractivity contribution in [2.24, 2.45) is 7.05 Å². The molecule has 2 aromatic heterocycles. The Labute approximate surface area is 161 Å². The maximum Gasteiger partial charge on any atom is 0.345 e. The van der Waals surface area contributed by atoms with Gasteiger partial charge in [0.2, 0.25) is 10.0 Å². The average Bonchev–Trinajstić information content (AvgIpc) is 3.15. The number of aromatic nitrogens is 4. The van der Waals surface area contributed by atoms with Gasteiger partial charge >= 0.3 is 5.69 Å². The Balaban J connectivity index is 1.76. The quantitative estimate of drug-likeness (QED) is 0.616. The molecule has 0 amide bonds. The number of rotatable bonds is 7. The van der Waals surface area contributed by atoms with Crippen molar-refractivity contribution in [2.75, 3.05) is 13.7 Å². The minimum absolute atomic E-state index is 0.00857. The number of nitrogens with one attached hydrogen (secondary N) is 1. The number of hydrogen-bond acceptors (Lipinski definition) is 7. The van der Waals surface area contributed by atoms with Gasteiger partial charge in [-0.25, -0.2) is 22.6 Å². The van der Waals surface area contributed by atoms with Gasteiger partial charge in [0.1, 0.15) is 16.3 Å². The Morgan fingerprint density at radius 3 is 2.46 bits per heavy atom. The molecule has 11 heteroatoms. The minimum atomic E-state index is -3.79. The third kappa shape index (κ3) is 3.71. The van der Waals surface area contributed by atoms with Gasteiger partial charge in [-0.15, -0.1) is 5.10 Å². The maximum absolute atomic E-state index is 12.4. The first kappa shape index (κ1) is 19.8. The van der Waals surface area contributed by atoms with Crippen LogP contribution in [0.3, 0.4) is 0 Å². The number of methoxy groups -OCH3 is 1. The molecule has 10 nitrogen and oxygen atoms in total. The van der Waals surface area contributed by atoms with Gasteiger partial charge in [-0.3, -0.25) is 4.57 Å². The summed E-state index contributed by atoms with van der Waals surface area (Å²) in [6, 6.07) is 7.14. The molecule has 0 aliphatic heterocycles. The van der Waals surface area contributed by atoms with Crippen LogP contribution in [-0.2, 0) is 23.6 Å². The van der Waals surface area contributed by atoms with Crippen molar-refractivity contribution in [1.29, 1.82) is 0 Å². The summed E-state index contributed by atoms with van der Waals surface area (Å²) >= 11 is 0. The monoisotopic (exact) mass is 407 g/mol. The smallest absolute Gasteiger partial charge is 0.345 e. The van der Waals surface area contributed by atoms with E-state index in [4.69, 9.17) is 9.26 Å². The summed E-state index contributed by atoms with van der Waals surface area (Å²) in [5, 5.41) is 7.96. The largest absolute Gasteiger partial charge is 0.497 e. The van der Waals surface area contributed by atoms with Crippen LogP contribution in [0.1, 0.15) is 11.5 Å². The highest BCUT2D eigenvalue weighted by Gasteiger charge is 2.24. The molecule has 2 heterocycles. The van der Waals surface area contributed by atoms with E-state index in [0.29, 0.717) is 11.6 Å². The molecule has 0 saturated carbocycles. The van der Waals surface area contributed by atoms with E-state index in [1.54, 1.807) is 45.3 Å². The summed E-state index contributed by atoms with van der Waals surface area (Å²) in [6.45, 7) is 3.14. The first-order valence-electron chi connectivity index (χ1n) is 8.45. The zero-order chi connectivity index (χ0) is 20.5. The Kier molecular flexibility index (Phi) is 5.38. The lowest BCUT2D eigenvalue weighted by atomic mass is 10.2. The van der Waals surface area contributed by atoms with E-state index in [1.807, 2.05) is 0 Å². The van der Waals surface area contributed by atoms with Crippen LogP contribution >= 0.6 is 0 Å². The Morgan fingerprint density at radius 2 is 1.89 bits per heavy atom. The second-order valence-electron chi connectivity index (χ2n) is 6.17. The molecule has 3 rings (SSSR count). The number of hydrogen-bond donors (Lipinski definition) is 1. The van der Waals surface area contributed by atoms with Crippen LogP contribution in [0.5, 0.6) is 5.75 Å². The van der Waals surface area contributed by atoms with E-state index in [-0.39, 0.29) is 35.1 Å². The molecule has 0 aliphatic rings. The van der Waals surface area contributed by atoms with Crippen LogP contribution in [0.2, 0.25) is 0 Å². The first-order valence-corrected chi connectivity index (χ1v) is 9.93. The molecule has 0 spiro atoms. The summed E-state index contributed by atoms with van der Waals surface area (Å²) in [7, 11) is -0.611. The van der Waals surface area contributed by atoms with Gasteiger partial charge in [-0.05, 0) is 38.1 Å². The summed E-state index contributed by atoms with van der Waals surface area (Å²) in [5.74, 6) is 1.38. The predicted molar refractivity (Wildman–Crippen MR) is 101 cm³/mol. The highest BCUT2D eigenvalue weighted by molar-refractivity contribution is 7.89. The molecule has 150 valence electrons. The fourth-order valence-corrected chi connectivity index (χ4v) is 4.19. The molecule has 0 unspecified atom stereocenters. The molecule has 0 radical (unpaired) electrons. The fraction of sp³-hybridized carbons (Fsp3) is 0.353. The van der Waals surface area contributed by atoms with E-state index in [0.717, 1.165) is 5.56 Å². The topological polar surface area (TPSA) is 121 Å². The Bertz CT molecular complexity index is 1120. The van der Waals surface area contributed by atoms with Gasteiger partial charge < -0.3 is 9.26 Å². The number of ether oxygens (including phenoxy) is 1. The van der Waals surface area contributed by atoms with Gasteiger partial charge in [0.25, 0.3) is 0 Å². The average molecular weight is 407 g/mol. The molecule has 0 aliphatic carbocycles. The summed E-state index contributed by atoms with van der Waals surface area (Å²) in [4.78, 5) is 12.4. The van der Waals surface area contributed by atoms with Gasteiger partial charge in [0, 0.05) is 19.2 Å². The number of nitrogens with zero attached hydrogens (tertiary/aromatic N) is 4. The van der Waals surface area contributed by atoms with Crippen molar-refractivity contribution < 1.29 is 17.7 Å². The van der Waals surface area contributed by atoms with Crippen LogP contribution < -0.4 is 15.1 Å². The van der Waals surface area contributed by atoms with E-state index < -0.39 is 10.0 Å². The lowest BCUT2D eigenvalue weighted by Crippen LogP contribution is -2.32. The van der Waals surface area contributed by atoms with E-state index in [9.17, 15) is 13.2 Å². The molecular weight excluding hydrogens is 386 g/mol. The summed E-state index contributed by atoms with van der Waals surface area (Å²) in [5.41, 5.74) is 0.680. The second kappa shape index (κ2) is 7.60. The standard InChI is InChI=1S/C17H21N5O5S/c1-11-15(12(2)27-20-11)28(24,25)18-9-10-22-17(23)21(3)16(19-22)13-5-7-14(26-4)8-6-13/h5-8,18H,9-10H2,1-4H3. The van der Waals surface area contributed by atoms with Gasteiger partial charge in [-0.2, -0.15) is 0 Å². The highest BCUT2D eigenvalue weighted by atomic mass is 32.2. The normalized spacial score (nSPS) is 11.7. The van der Waals surface area contributed by atoms with Crippen molar-refractivity contribution in [3.8, 4) is 17.1 Å². The van der Waals surface area contributed by atoms with Crippen LogP contribution in [0.4, 0.5) is 0 Å². The molecule has 0 bridgehead atoms. The van der Waals surface area contributed by atoms with Crippen LogP contribution in [0.25, 0.3) is 11.4 Å². The SMILES string of the molecule is COc1ccc(-c2nn(CCNS(=O)(=O)c3c(C)noc3C)c(=O)n2C)cc1. The van der Waals surface area contributed by atoms with Gasteiger partial charge in [-0.1, -0.05) is 5.16 Å². The second-order valence-corrected chi connectivity index (χ2v) is 7.87. The lowest BCUT2D eigenvalue weighted by molar-refractivity contribution is 0.390. The number of benzene rings is 1. The molecule has 3 aromatic rings. The first-order chi connectivity index (χ1) is 13.2. The van der Waals surface area contributed by atoms with Crippen molar-refractivity contribution in [3.63, 3.8) is 0 Å². The van der Waals surface area contributed by atoms with Crippen molar-refractivity contribution in [1.82, 2.24) is 24.2 Å². The molecule has 0 fully saturated rings.